The van der Waals surface area contributed by atoms with Crippen molar-refractivity contribution >= 4 is 5.70 Å². The van der Waals surface area contributed by atoms with Crippen LogP contribution < -0.4 is 0 Å². The predicted molar refractivity (Wildman–Crippen MR) is 99.6 cm³/mol. The standard InChI is InChI=1S/C20H27N3O3/c1-19(2,3)16-7-5-15(6-8-16)9-17(23-13-21-12-22-23)18(24)20(4)10-25-14-26-11-20/h5-8,12-13,24H,9-11,14H2,1-4H3. The zero-order chi connectivity index (χ0) is 18.8. The molecular weight excluding hydrogens is 330 g/mol. The van der Waals surface area contributed by atoms with Crippen molar-refractivity contribution in [2.45, 2.75) is 39.5 Å². The Labute approximate surface area is 154 Å². The normalized spacial score (nSPS) is 18.5. The summed E-state index contributed by atoms with van der Waals surface area (Å²) in [6, 6.07) is 8.47. The Morgan fingerprint density at radius 2 is 1.85 bits per heavy atom. The van der Waals surface area contributed by atoms with E-state index in [1.165, 1.54) is 11.9 Å². The van der Waals surface area contributed by atoms with E-state index in [-0.39, 0.29) is 18.0 Å². The van der Waals surface area contributed by atoms with Crippen LogP contribution in [0, 0.1) is 5.41 Å². The van der Waals surface area contributed by atoms with Gasteiger partial charge in [0, 0.05) is 6.42 Å². The van der Waals surface area contributed by atoms with Gasteiger partial charge in [0.2, 0.25) is 0 Å². The number of rotatable bonds is 4. The average molecular weight is 357 g/mol. The molecule has 0 saturated carbocycles. The molecule has 2 heterocycles. The molecular formula is C20H27N3O3. The summed E-state index contributed by atoms with van der Waals surface area (Å²) in [6.45, 7) is 9.58. The molecule has 1 saturated heterocycles. The van der Waals surface area contributed by atoms with Crippen molar-refractivity contribution in [2.75, 3.05) is 20.0 Å². The monoisotopic (exact) mass is 357 g/mol. The van der Waals surface area contributed by atoms with E-state index in [0.717, 1.165) is 5.56 Å². The number of aromatic nitrogens is 3. The quantitative estimate of drug-likeness (QED) is 0.848. The second-order valence-electron chi connectivity index (χ2n) is 8.13. The van der Waals surface area contributed by atoms with Gasteiger partial charge < -0.3 is 14.6 Å². The van der Waals surface area contributed by atoms with Crippen molar-refractivity contribution in [1.82, 2.24) is 14.8 Å². The molecule has 0 bridgehead atoms. The van der Waals surface area contributed by atoms with Crippen LogP contribution in [0.5, 0.6) is 0 Å². The molecule has 2 aromatic rings. The summed E-state index contributed by atoms with van der Waals surface area (Å²) in [5.74, 6) is 0.225. The van der Waals surface area contributed by atoms with Crippen LogP contribution in [-0.2, 0) is 21.3 Å². The van der Waals surface area contributed by atoms with E-state index in [0.29, 0.717) is 25.3 Å². The third-order valence-electron chi connectivity index (χ3n) is 4.74. The van der Waals surface area contributed by atoms with Crippen LogP contribution in [0.3, 0.4) is 0 Å². The molecule has 0 atom stereocenters. The largest absolute Gasteiger partial charge is 0.510 e. The third kappa shape index (κ3) is 3.97. The van der Waals surface area contributed by atoms with Crippen molar-refractivity contribution in [2.24, 2.45) is 5.41 Å². The molecule has 26 heavy (non-hydrogen) atoms. The maximum Gasteiger partial charge on any atom is 0.146 e. The van der Waals surface area contributed by atoms with Gasteiger partial charge in [-0.25, -0.2) is 9.67 Å². The molecule has 140 valence electrons. The van der Waals surface area contributed by atoms with Gasteiger partial charge in [-0.15, -0.1) is 0 Å². The SMILES string of the molecule is CC1(C(O)=C(Cc2ccc(C(C)(C)C)cc2)n2cncn2)COCOC1. The fourth-order valence-electron chi connectivity index (χ4n) is 3.06. The molecule has 1 N–H and O–H groups in total. The summed E-state index contributed by atoms with van der Waals surface area (Å²) in [4.78, 5) is 4.03. The first-order valence-electron chi connectivity index (χ1n) is 8.82. The average Bonchev–Trinajstić information content (AvgIpc) is 3.14. The Hall–Kier alpha value is -2.18. The van der Waals surface area contributed by atoms with Crippen molar-refractivity contribution < 1.29 is 14.6 Å². The lowest BCUT2D eigenvalue weighted by atomic mass is 9.85. The van der Waals surface area contributed by atoms with Crippen LogP contribution in [0.15, 0.2) is 42.7 Å². The van der Waals surface area contributed by atoms with Crippen LogP contribution >= 0.6 is 0 Å². The molecule has 1 fully saturated rings. The fourth-order valence-corrected chi connectivity index (χ4v) is 3.06. The van der Waals surface area contributed by atoms with Gasteiger partial charge >= 0.3 is 0 Å². The van der Waals surface area contributed by atoms with E-state index in [4.69, 9.17) is 9.47 Å². The Morgan fingerprint density at radius 1 is 1.19 bits per heavy atom. The number of benzene rings is 1. The molecule has 0 spiro atoms. The zero-order valence-electron chi connectivity index (χ0n) is 15.9. The van der Waals surface area contributed by atoms with E-state index in [1.54, 1.807) is 11.0 Å². The molecule has 1 aliphatic heterocycles. The first-order valence-corrected chi connectivity index (χ1v) is 8.82. The minimum absolute atomic E-state index is 0.107. The topological polar surface area (TPSA) is 69.4 Å². The highest BCUT2D eigenvalue weighted by atomic mass is 16.7. The molecule has 0 unspecified atom stereocenters. The van der Waals surface area contributed by atoms with Crippen LogP contribution in [0.4, 0.5) is 0 Å². The molecule has 0 radical (unpaired) electrons. The lowest BCUT2D eigenvalue weighted by molar-refractivity contribution is -0.155. The first kappa shape index (κ1) is 18.6. The summed E-state index contributed by atoms with van der Waals surface area (Å²) >= 11 is 0. The molecule has 3 rings (SSSR count). The maximum absolute atomic E-state index is 11.0. The number of allylic oxidation sites excluding steroid dienone is 1. The summed E-state index contributed by atoms with van der Waals surface area (Å²) in [7, 11) is 0. The minimum atomic E-state index is -0.606. The zero-order valence-corrected chi connectivity index (χ0v) is 15.9. The third-order valence-corrected chi connectivity index (χ3v) is 4.74. The van der Waals surface area contributed by atoms with Gasteiger partial charge in [0.25, 0.3) is 0 Å². The van der Waals surface area contributed by atoms with E-state index >= 15 is 0 Å². The smallest absolute Gasteiger partial charge is 0.146 e. The van der Waals surface area contributed by atoms with Gasteiger partial charge in [-0.3, -0.25) is 0 Å². The number of aliphatic hydroxyl groups is 1. The van der Waals surface area contributed by atoms with Crippen molar-refractivity contribution in [3.8, 4) is 0 Å². The highest BCUT2D eigenvalue weighted by molar-refractivity contribution is 5.53. The summed E-state index contributed by atoms with van der Waals surface area (Å²) in [5, 5.41) is 15.3. The van der Waals surface area contributed by atoms with Gasteiger partial charge in [-0.1, -0.05) is 45.0 Å². The molecule has 0 amide bonds. The molecule has 1 aromatic carbocycles. The molecule has 6 nitrogen and oxygen atoms in total. The van der Waals surface area contributed by atoms with Crippen LogP contribution in [0.25, 0.3) is 5.70 Å². The van der Waals surface area contributed by atoms with Crippen LogP contribution in [0.1, 0.15) is 38.8 Å². The first-order chi connectivity index (χ1) is 12.3. The maximum atomic E-state index is 11.0. The lowest BCUT2D eigenvalue weighted by Gasteiger charge is -2.33. The summed E-state index contributed by atoms with van der Waals surface area (Å²) < 4.78 is 12.4. The Balaban J connectivity index is 1.94. The molecule has 1 aliphatic rings. The number of hydrogen-bond acceptors (Lipinski definition) is 5. The second-order valence-corrected chi connectivity index (χ2v) is 8.13. The van der Waals surface area contributed by atoms with E-state index < -0.39 is 5.41 Å². The van der Waals surface area contributed by atoms with E-state index in [9.17, 15) is 5.11 Å². The second kappa shape index (κ2) is 7.21. The number of nitrogens with zero attached hydrogens (tertiary/aromatic N) is 3. The number of ether oxygens (including phenoxy) is 2. The minimum Gasteiger partial charge on any atom is -0.510 e. The van der Waals surface area contributed by atoms with Crippen molar-refractivity contribution in [3.05, 3.63) is 53.8 Å². The van der Waals surface area contributed by atoms with Gasteiger partial charge in [0.05, 0.1) is 24.3 Å². The fraction of sp³-hybridized carbons (Fsp3) is 0.500. The Morgan fingerprint density at radius 3 is 2.38 bits per heavy atom. The molecule has 1 aromatic heterocycles. The number of aliphatic hydroxyl groups excluding tert-OH is 1. The highest BCUT2D eigenvalue weighted by Gasteiger charge is 2.36. The van der Waals surface area contributed by atoms with Crippen molar-refractivity contribution in [3.63, 3.8) is 0 Å². The predicted octanol–water partition coefficient (Wildman–Crippen LogP) is 3.56. The van der Waals surface area contributed by atoms with Crippen molar-refractivity contribution in [1.29, 1.82) is 0 Å². The number of hydrogen-bond donors (Lipinski definition) is 1. The molecule has 0 aliphatic carbocycles. The molecule has 6 heteroatoms. The van der Waals surface area contributed by atoms with Crippen LogP contribution in [0.2, 0.25) is 0 Å². The van der Waals surface area contributed by atoms with Crippen LogP contribution in [-0.4, -0.2) is 39.9 Å². The van der Waals surface area contributed by atoms with Gasteiger partial charge in [-0.2, -0.15) is 5.10 Å². The summed E-state index contributed by atoms with van der Waals surface area (Å²) in [6.07, 6.45) is 3.60. The van der Waals surface area contributed by atoms with E-state index in [2.05, 4.69) is 55.1 Å². The summed E-state index contributed by atoms with van der Waals surface area (Å²) in [5.41, 5.74) is 2.55. The van der Waals surface area contributed by atoms with Gasteiger partial charge in [-0.05, 0) is 23.5 Å². The lowest BCUT2D eigenvalue weighted by Crippen LogP contribution is -2.37. The highest BCUT2D eigenvalue weighted by Crippen LogP contribution is 2.33. The van der Waals surface area contributed by atoms with Gasteiger partial charge in [0.15, 0.2) is 0 Å². The van der Waals surface area contributed by atoms with E-state index in [1.807, 2.05) is 6.92 Å². The Kier molecular flexibility index (Phi) is 5.16. The Bertz CT molecular complexity index is 753. The van der Waals surface area contributed by atoms with Gasteiger partial charge in [0.1, 0.15) is 25.2 Å².